The summed E-state index contributed by atoms with van der Waals surface area (Å²) in [6.07, 6.45) is 1.61. The first-order valence-corrected chi connectivity index (χ1v) is 7.13. The van der Waals surface area contributed by atoms with Gasteiger partial charge in [0, 0.05) is 28.6 Å². The van der Waals surface area contributed by atoms with E-state index in [2.05, 4.69) is 15.6 Å². The van der Waals surface area contributed by atoms with E-state index in [9.17, 15) is 4.79 Å². The van der Waals surface area contributed by atoms with Crippen LogP contribution < -0.4 is 10.6 Å². The van der Waals surface area contributed by atoms with Gasteiger partial charge < -0.3 is 10.6 Å². The van der Waals surface area contributed by atoms with E-state index in [0.29, 0.717) is 10.7 Å². The Hall–Kier alpha value is -2.07. The third-order valence-electron chi connectivity index (χ3n) is 2.88. The predicted octanol–water partition coefficient (Wildman–Crippen LogP) is 3.93. The van der Waals surface area contributed by atoms with E-state index in [-0.39, 0.29) is 11.9 Å². The fourth-order valence-corrected chi connectivity index (χ4v) is 2.12. The number of nitrogens with zero attached hydrogens (tertiary/aromatic N) is 1. The summed E-state index contributed by atoms with van der Waals surface area (Å²) in [4.78, 5) is 16.0. The van der Waals surface area contributed by atoms with Crippen molar-refractivity contribution in [2.75, 3.05) is 5.32 Å². The lowest BCUT2D eigenvalue weighted by molar-refractivity contribution is 0.0938. The van der Waals surface area contributed by atoms with Crippen LogP contribution in [0.25, 0.3) is 0 Å². The molecule has 0 aliphatic heterocycles. The van der Waals surface area contributed by atoms with E-state index in [1.165, 1.54) is 0 Å². The number of carbonyl (C=O) groups excluding carboxylic acids is 1. The molecule has 0 spiro atoms. The van der Waals surface area contributed by atoms with Crippen molar-refractivity contribution in [3.8, 4) is 0 Å². The largest absolute Gasteiger partial charge is 0.355 e. The zero-order chi connectivity index (χ0) is 15.4. The average molecular weight is 304 g/mol. The Kier molecular flexibility index (Phi) is 4.81. The van der Waals surface area contributed by atoms with Crippen molar-refractivity contribution in [3.05, 3.63) is 52.8 Å². The maximum atomic E-state index is 12.0. The molecule has 1 heterocycles. The van der Waals surface area contributed by atoms with E-state index < -0.39 is 0 Å². The number of pyridine rings is 1. The smallest absolute Gasteiger partial charge is 0.270 e. The number of anilines is 2. The van der Waals surface area contributed by atoms with Crippen LogP contribution in [0.3, 0.4) is 0 Å². The molecule has 2 rings (SSSR count). The number of carbonyl (C=O) groups is 1. The Morgan fingerprint density at radius 3 is 2.67 bits per heavy atom. The summed E-state index contributed by atoms with van der Waals surface area (Å²) in [7, 11) is 0. The van der Waals surface area contributed by atoms with Gasteiger partial charge in [-0.15, -0.1) is 0 Å². The van der Waals surface area contributed by atoms with Gasteiger partial charge in [-0.25, -0.2) is 0 Å². The first-order valence-electron chi connectivity index (χ1n) is 6.76. The van der Waals surface area contributed by atoms with Crippen molar-refractivity contribution in [1.82, 2.24) is 10.3 Å². The first kappa shape index (κ1) is 15.3. The summed E-state index contributed by atoms with van der Waals surface area (Å²) in [5, 5.41) is 6.79. The minimum atomic E-state index is -0.179. The predicted molar refractivity (Wildman–Crippen MR) is 86.3 cm³/mol. The number of hydrogen-bond donors (Lipinski definition) is 2. The van der Waals surface area contributed by atoms with Crippen molar-refractivity contribution in [3.63, 3.8) is 0 Å². The minimum absolute atomic E-state index is 0.0782. The Bertz CT molecular complexity index is 656. The molecule has 0 bridgehead atoms. The van der Waals surface area contributed by atoms with Crippen LogP contribution >= 0.6 is 11.6 Å². The van der Waals surface area contributed by atoms with Gasteiger partial charge in [0.2, 0.25) is 0 Å². The van der Waals surface area contributed by atoms with Crippen LogP contribution in [0.1, 0.15) is 29.9 Å². The lowest BCUT2D eigenvalue weighted by Gasteiger charge is -2.11. The first-order chi connectivity index (χ1) is 9.95. The van der Waals surface area contributed by atoms with E-state index >= 15 is 0 Å². The average Bonchev–Trinajstić information content (AvgIpc) is 2.41. The van der Waals surface area contributed by atoms with Crippen molar-refractivity contribution in [1.29, 1.82) is 0 Å². The number of aromatic nitrogens is 1. The molecule has 4 nitrogen and oxygen atoms in total. The zero-order valence-corrected chi connectivity index (χ0v) is 13.0. The van der Waals surface area contributed by atoms with Gasteiger partial charge in [-0.05, 0) is 56.7 Å². The summed E-state index contributed by atoms with van der Waals surface area (Å²) in [5.41, 5.74) is 3.18. The maximum absolute atomic E-state index is 12.0. The monoisotopic (exact) mass is 303 g/mol. The molecule has 2 aromatic rings. The number of benzene rings is 1. The van der Waals surface area contributed by atoms with Gasteiger partial charge in [0.1, 0.15) is 5.69 Å². The molecule has 0 saturated heterocycles. The van der Waals surface area contributed by atoms with Gasteiger partial charge in [-0.3, -0.25) is 9.78 Å². The lowest BCUT2D eigenvalue weighted by atomic mass is 10.2. The molecule has 0 radical (unpaired) electrons. The molecule has 0 aliphatic carbocycles. The Balaban J connectivity index is 2.19. The van der Waals surface area contributed by atoms with Gasteiger partial charge in [-0.2, -0.15) is 0 Å². The Morgan fingerprint density at radius 2 is 2.00 bits per heavy atom. The van der Waals surface area contributed by atoms with Crippen LogP contribution in [-0.4, -0.2) is 16.9 Å². The van der Waals surface area contributed by atoms with Crippen LogP contribution in [-0.2, 0) is 0 Å². The topological polar surface area (TPSA) is 54.0 Å². The molecule has 0 saturated carbocycles. The van der Waals surface area contributed by atoms with Gasteiger partial charge >= 0.3 is 0 Å². The summed E-state index contributed by atoms with van der Waals surface area (Å²) >= 11 is 5.94. The summed E-state index contributed by atoms with van der Waals surface area (Å²) in [5.74, 6) is -0.179. The highest BCUT2D eigenvalue weighted by Gasteiger charge is 2.09. The molecular formula is C16H18ClN3O. The maximum Gasteiger partial charge on any atom is 0.270 e. The van der Waals surface area contributed by atoms with Crippen LogP contribution in [0.5, 0.6) is 0 Å². The van der Waals surface area contributed by atoms with Crippen LogP contribution in [0, 0.1) is 6.92 Å². The second-order valence-corrected chi connectivity index (χ2v) is 5.58. The molecular weight excluding hydrogens is 286 g/mol. The molecule has 110 valence electrons. The highest BCUT2D eigenvalue weighted by atomic mass is 35.5. The highest BCUT2D eigenvalue weighted by molar-refractivity contribution is 6.30. The molecule has 0 aliphatic rings. The fraction of sp³-hybridized carbons (Fsp3) is 0.250. The number of rotatable bonds is 4. The van der Waals surface area contributed by atoms with Gasteiger partial charge in [0.25, 0.3) is 5.91 Å². The van der Waals surface area contributed by atoms with E-state index in [1.807, 2.05) is 45.0 Å². The van der Waals surface area contributed by atoms with Crippen molar-refractivity contribution >= 4 is 28.9 Å². The summed E-state index contributed by atoms with van der Waals surface area (Å²) in [6, 6.07) is 9.24. The zero-order valence-electron chi connectivity index (χ0n) is 12.3. The van der Waals surface area contributed by atoms with Crippen LogP contribution in [0.2, 0.25) is 5.02 Å². The highest BCUT2D eigenvalue weighted by Crippen LogP contribution is 2.23. The quantitative estimate of drug-likeness (QED) is 0.900. The normalized spacial score (nSPS) is 10.5. The van der Waals surface area contributed by atoms with E-state index in [1.54, 1.807) is 12.3 Å². The number of nitrogens with one attached hydrogen (secondary N) is 2. The molecule has 1 aromatic heterocycles. The van der Waals surface area contributed by atoms with Crippen LogP contribution in [0.15, 0.2) is 36.5 Å². The van der Waals surface area contributed by atoms with Gasteiger partial charge in [0.05, 0.1) is 0 Å². The number of hydrogen-bond acceptors (Lipinski definition) is 3. The third-order valence-corrected chi connectivity index (χ3v) is 3.11. The molecule has 0 atom stereocenters. The third kappa shape index (κ3) is 4.20. The lowest BCUT2D eigenvalue weighted by Crippen LogP contribution is -2.30. The minimum Gasteiger partial charge on any atom is -0.355 e. The molecule has 0 unspecified atom stereocenters. The van der Waals surface area contributed by atoms with Crippen LogP contribution in [0.4, 0.5) is 11.4 Å². The number of aryl methyl sites for hydroxylation is 1. The van der Waals surface area contributed by atoms with Crippen molar-refractivity contribution < 1.29 is 4.79 Å². The fourth-order valence-electron chi connectivity index (χ4n) is 1.89. The standard InChI is InChI=1S/C16H18ClN3O/c1-10(2)19-16(21)15-9-13(6-7-18-15)20-14-5-4-12(17)8-11(14)3/h4-10H,1-3H3,(H,18,20)(H,19,21). The van der Waals surface area contributed by atoms with Gasteiger partial charge in [0.15, 0.2) is 0 Å². The number of halogens is 1. The Morgan fingerprint density at radius 1 is 1.24 bits per heavy atom. The van der Waals surface area contributed by atoms with Gasteiger partial charge in [-0.1, -0.05) is 11.6 Å². The van der Waals surface area contributed by atoms with E-state index in [0.717, 1.165) is 16.9 Å². The molecule has 5 heteroatoms. The second-order valence-electron chi connectivity index (χ2n) is 5.14. The Labute approximate surface area is 129 Å². The molecule has 1 aromatic carbocycles. The molecule has 2 N–H and O–H groups in total. The summed E-state index contributed by atoms with van der Waals surface area (Å²) < 4.78 is 0. The number of amides is 1. The van der Waals surface area contributed by atoms with E-state index in [4.69, 9.17) is 11.6 Å². The second kappa shape index (κ2) is 6.59. The molecule has 1 amide bonds. The van der Waals surface area contributed by atoms with Crippen molar-refractivity contribution in [2.45, 2.75) is 26.8 Å². The SMILES string of the molecule is Cc1cc(Cl)ccc1Nc1ccnc(C(=O)NC(C)C)c1. The molecule has 21 heavy (non-hydrogen) atoms. The van der Waals surface area contributed by atoms with Crippen molar-refractivity contribution in [2.24, 2.45) is 0 Å². The molecule has 0 fully saturated rings. The summed E-state index contributed by atoms with van der Waals surface area (Å²) in [6.45, 7) is 5.80.